The summed E-state index contributed by atoms with van der Waals surface area (Å²) in [7, 11) is -3.66. The van der Waals surface area contributed by atoms with Gasteiger partial charge in [-0.3, -0.25) is 14.4 Å². The molecule has 0 aliphatic carbocycles. The molecule has 0 saturated carbocycles. The van der Waals surface area contributed by atoms with Gasteiger partial charge in [0.1, 0.15) is 0 Å². The van der Waals surface area contributed by atoms with Crippen molar-refractivity contribution < 1.29 is 17.9 Å². The molecule has 3 rings (SSSR count). The highest BCUT2D eigenvalue weighted by Crippen LogP contribution is 2.17. The molecule has 8 heteroatoms. The van der Waals surface area contributed by atoms with Gasteiger partial charge in [0, 0.05) is 36.9 Å². The average molecular weight is 432 g/mol. The number of morpholine rings is 1. The van der Waals surface area contributed by atoms with Crippen molar-refractivity contribution in [2.45, 2.75) is 24.8 Å². The van der Waals surface area contributed by atoms with Crippen LogP contribution in [0.15, 0.2) is 59.5 Å². The van der Waals surface area contributed by atoms with Gasteiger partial charge in [-0.15, -0.1) is 0 Å². The molecular weight excluding hydrogens is 402 g/mol. The van der Waals surface area contributed by atoms with Gasteiger partial charge >= 0.3 is 0 Å². The second kappa shape index (κ2) is 10.1. The number of sulfonamides is 1. The maximum atomic E-state index is 12.6. The molecule has 1 aliphatic heterocycles. The maximum absolute atomic E-state index is 12.6. The summed E-state index contributed by atoms with van der Waals surface area (Å²) in [4.78, 5) is 15.1. The zero-order valence-corrected chi connectivity index (χ0v) is 18.2. The van der Waals surface area contributed by atoms with E-state index in [9.17, 15) is 13.2 Å². The Kier molecular flexibility index (Phi) is 7.47. The smallest absolute Gasteiger partial charge is 0.261 e. The molecule has 1 heterocycles. The van der Waals surface area contributed by atoms with Crippen LogP contribution in [0.1, 0.15) is 24.2 Å². The van der Waals surface area contributed by atoms with Crippen LogP contribution in [0.5, 0.6) is 0 Å². The van der Waals surface area contributed by atoms with E-state index in [2.05, 4.69) is 28.8 Å². The number of rotatable bonds is 8. The summed E-state index contributed by atoms with van der Waals surface area (Å²) in [6.45, 7) is 8.04. The standard InChI is InChI=1S/C22H29N3O4S/c1-17(2)21(25-12-14-29-15-13-25)16-23-22(26)18-8-10-19(11-9-18)24-30(27,28)20-6-4-3-5-7-20/h3-11,17,21,24H,12-16H2,1-2H3,(H,23,26). The average Bonchev–Trinajstić information content (AvgIpc) is 2.75. The lowest BCUT2D eigenvalue weighted by Crippen LogP contribution is -2.51. The number of benzene rings is 2. The number of ether oxygens (including phenoxy) is 1. The Balaban J connectivity index is 1.59. The minimum absolute atomic E-state index is 0.175. The molecule has 1 aliphatic rings. The number of carbonyl (C=O) groups is 1. The Morgan fingerprint density at radius 3 is 2.27 bits per heavy atom. The summed E-state index contributed by atoms with van der Waals surface area (Å²) in [6.07, 6.45) is 0. The van der Waals surface area contributed by atoms with Crippen molar-refractivity contribution in [3.8, 4) is 0 Å². The summed E-state index contributed by atoms with van der Waals surface area (Å²) >= 11 is 0. The van der Waals surface area contributed by atoms with Gasteiger partial charge in [0.05, 0.1) is 18.1 Å². The van der Waals surface area contributed by atoms with Gasteiger partial charge in [-0.1, -0.05) is 32.0 Å². The zero-order valence-electron chi connectivity index (χ0n) is 17.4. The molecule has 0 spiro atoms. The van der Waals surface area contributed by atoms with E-state index in [0.717, 1.165) is 26.3 Å². The highest BCUT2D eigenvalue weighted by molar-refractivity contribution is 7.92. The van der Waals surface area contributed by atoms with Crippen LogP contribution < -0.4 is 10.0 Å². The van der Waals surface area contributed by atoms with Crippen LogP contribution in [-0.4, -0.2) is 58.1 Å². The van der Waals surface area contributed by atoms with Gasteiger partial charge < -0.3 is 10.1 Å². The Hall–Kier alpha value is -2.42. The van der Waals surface area contributed by atoms with E-state index < -0.39 is 10.0 Å². The first-order valence-corrected chi connectivity index (χ1v) is 11.6. The van der Waals surface area contributed by atoms with Gasteiger partial charge in [0.2, 0.25) is 0 Å². The Bertz CT molecular complexity index is 925. The zero-order chi connectivity index (χ0) is 21.6. The normalized spacial score (nSPS) is 16.2. The third-order valence-electron chi connectivity index (χ3n) is 5.21. The molecule has 7 nitrogen and oxygen atoms in total. The largest absolute Gasteiger partial charge is 0.379 e. The van der Waals surface area contributed by atoms with Crippen molar-refractivity contribution in [3.05, 3.63) is 60.2 Å². The van der Waals surface area contributed by atoms with Gasteiger partial charge in [-0.05, 0) is 42.3 Å². The first kappa shape index (κ1) is 22.3. The number of amides is 1. The second-order valence-corrected chi connectivity index (χ2v) is 9.35. The molecule has 1 saturated heterocycles. The fraction of sp³-hybridized carbons (Fsp3) is 0.409. The molecule has 1 unspecified atom stereocenters. The van der Waals surface area contributed by atoms with Gasteiger partial charge in [0.15, 0.2) is 0 Å². The number of nitrogens with zero attached hydrogens (tertiary/aromatic N) is 1. The predicted molar refractivity (Wildman–Crippen MR) is 117 cm³/mol. The van der Waals surface area contributed by atoms with Crippen molar-refractivity contribution in [1.82, 2.24) is 10.2 Å². The van der Waals surface area contributed by atoms with Crippen LogP contribution in [0.25, 0.3) is 0 Å². The second-order valence-electron chi connectivity index (χ2n) is 7.67. The van der Waals surface area contributed by atoms with Crippen LogP contribution in [0.2, 0.25) is 0 Å². The monoisotopic (exact) mass is 431 g/mol. The van der Waals surface area contributed by atoms with Crippen molar-refractivity contribution >= 4 is 21.6 Å². The molecule has 2 aromatic rings. The van der Waals surface area contributed by atoms with E-state index in [0.29, 0.717) is 23.7 Å². The first-order chi connectivity index (χ1) is 14.4. The summed E-state index contributed by atoms with van der Waals surface area (Å²) in [5.41, 5.74) is 0.894. The van der Waals surface area contributed by atoms with Crippen molar-refractivity contribution in [2.75, 3.05) is 37.6 Å². The van der Waals surface area contributed by atoms with Crippen molar-refractivity contribution in [2.24, 2.45) is 5.92 Å². The Labute approximate surface area is 178 Å². The molecule has 1 fully saturated rings. The van der Waals surface area contributed by atoms with E-state index in [-0.39, 0.29) is 16.8 Å². The Morgan fingerprint density at radius 1 is 1.03 bits per heavy atom. The topological polar surface area (TPSA) is 87.7 Å². The maximum Gasteiger partial charge on any atom is 0.261 e. The Morgan fingerprint density at radius 2 is 1.67 bits per heavy atom. The molecule has 1 atom stereocenters. The minimum Gasteiger partial charge on any atom is -0.379 e. The van der Waals surface area contributed by atoms with Gasteiger partial charge in [-0.2, -0.15) is 0 Å². The fourth-order valence-electron chi connectivity index (χ4n) is 3.50. The summed E-state index contributed by atoms with van der Waals surface area (Å²) in [5.74, 6) is 0.226. The lowest BCUT2D eigenvalue weighted by atomic mass is 10.0. The molecule has 0 bridgehead atoms. The summed E-state index contributed by atoms with van der Waals surface area (Å²) < 4.78 is 32.8. The number of nitrogens with one attached hydrogen (secondary N) is 2. The lowest BCUT2D eigenvalue weighted by molar-refractivity contribution is 0.00673. The van der Waals surface area contributed by atoms with Crippen molar-refractivity contribution in [3.63, 3.8) is 0 Å². The highest BCUT2D eigenvalue weighted by Gasteiger charge is 2.24. The minimum atomic E-state index is -3.66. The molecule has 0 aromatic heterocycles. The van der Waals surface area contributed by atoms with E-state index >= 15 is 0 Å². The van der Waals surface area contributed by atoms with E-state index in [1.165, 1.54) is 12.1 Å². The number of anilines is 1. The van der Waals surface area contributed by atoms with Crippen molar-refractivity contribution in [1.29, 1.82) is 0 Å². The molecule has 2 N–H and O–H groups in total. The van der Waals surface area contributed by atoms with Gasteiger partial charge in [-0.25, -0.2) is 8.42 Å². The quantitative estimate of drug-likeness (QED) is 0.671. The van der Waals surface area contributed by atoms with Crippen LogP contribution in [0.4, 0.5) is 5.69 Å². The molecule has 0 radical (unpaired) electrons. The first-order valence-electron chi connectivity index (χ1n) is 10.1. The fourth-order valence-corrected chi connectivity index (χ4v) is 4.58. The molecule has 30 heavy (non-hydrogen) atoms. The molecular formula is C22H29N3O4S. The van der Waals surface area contributed by atoms with Gasteiger partial charge in [0.25, 0.3) is 15.9 Å². The van der Waals surface area contributed by atoms with Crippen LogP contribution in [0.3, 0.4) is 0 Å². The summed E-state index contributed by atoms with van der Waals surface area (Å²) in [6, 6.07) is 14.8. The molecule has 2 aromatic carbocycles. The lowest BCUT2D eigenvalue weighted by Gasteiger charge is -2.36. The number of hydrogen-bond donors (Lipinski definition) is 2. The molecule has 1 amide bonds. The number of carbonyl (C=O) groups excluding carboxylic acids is 1. The third kappa shape index (κ3) is 5.81. The SMILES string of the molecule is CC(C)C(CNC(=O)c1ccc(NS(=O)(=O)c2ccccc2)cc1)N1CCOCC1. The van der Waals surface area contributed by atoms with Crippen LogP contribution in [0, 0.1) is 5.92 Å². The van der Waals surface area contributed by atoms with E-state index in [1.807, 2.05) is 0 Å². The van der Waals surface area contributed by atoms with Crippen LogP contribution >= 0.6 is 0 Å². The third-order valence-corrected chi connectivity index (χ3v) is 6.61. The summed E-state index contributed by atoms with van der Waals surface area (Å²) in [5, 5.41) is 3.01. The molecule has 162 valence electrons. The number of hydrogen-bond acceptors (Lipinski definition) is 5. The van der Waals surface area contributed by atoms with Crippen LogP contribution in [-0.2, 0) is 14.8 Å². The predicted octanol–water partition coefficient (Wildman–Crippen LogP) is 2.57. The van der Waals surface area contributed by atoms with E-state index in [4.69, 9.17) is 4.74 Å². The van der Waals surface area contributed by atoms with E-state index in [1.54, 1.807) is 42.5 Å². The highest BCUT2D eigenvalue weighted by atomic mass is 32.2.